The van der Waals surface area contributed by atoms with Gasteiger partial charge in [-0.15, -0.1) is 0 Å². The van der Waals surface area contributed by atoms with Crippen molar-refractivity contribution in [3.05, 3.63) is 64.3 Å². The maximum absolute atomic E-state index is 4.31. The van der Waals surface area contributed by atoms with Gasteiger partial charge in [0, 0.05) is 9.86 Å². The average Bonchev–Trinajstić information content (AvgIpc) is 2.81. The predicted molar refractivity (Wildman–Crippen MR) is 79.2 cm³/mol. The zero-order valence-electron chi connectivity index (χ0n) is 9.60. The Hall–Kier alpha value is -1.87. The highest BCUT2D eigenvalue weighted by Crippen LogP contribution is 2.21. The number of nitrogens with zero attached hydrogens (tertiary/aromatic N) is 1. The fourth-order valence-corrected chi connectivity index (χ4v) is 2.31. The predicted octanol–water partition coefficient (Wildman–Crippen LogP) is 4.50. The molecule has 3 heteroatoms. The molecule has 0 aliphatic heterocycles. The van der Waals surface area contributed by atoms with E-state index in [4.69, 9.17) is 0 Å². The molecule has 3 rings (SSSR count). The fraction of sp³-hybridized carbons (Fsp3) is 0. The highest BCUT2D eigenvalue weighted by molar-refractivity contribution is 9.10. The number of nitrogens with one attached hydrogen (secondary N) is 1. The van der Waals surface area contributed by atoms with E-state index < -0.39 is 0 Å². The minimum Gasteiger partial charge on any atom is -0.277 e. The lowest BCUT2D eigenvalue weighted by molar-refractivity contribution is 1.11. The van der Waals surface area contributed by atoms with Gasteiger partial charge in [-0.1, -0.05) is 58.4 Å². The third kappa shape index (κ3) is 2.09. The number of fused-ring (bicyclic) bond motifs is 1. The van der Waals surface area contributed by atoms with Crippen LogP contribution in [0.5, 0.6) is 0 Å². The first kappa shape index (κ1) is 11.2. The van der Waals surface area contributed by atoms with Crippen LogP contribution in [0.3, 0.4) is 0 Å². The summed E-state index contributed by atoms with van der Waals surface area (Å²) in [5.74, 6) is 0. The lowest BCUT2D eigenvalue weighted by Crippen LogP contribution is -1.75. The second-order valence-electron chi connectivity index (χ2n) is 4.01. The summed E-state index contributed by atoms with van der Waals surface area (Å²) in [6, 6.07) is 16.2. The van der Waals surface area contributed by atoms with Gasteiger partial charge in [-0.3, -0.25) is 5.10 Å². The van der Waals surface area contributed by atoms with Gasteiger partial charge in [-0.2, -0.15) is 5.10 Å². The summed E-state index contributed by atoms with van der Waals surface area (Å²) in [6.07, 6.45) is 4.09. The summed E-state index contributed by atoms with van der Waals surface area (Å²) in [7, 11) is 0. The summed E-state index contributed by atoms with van der Waals surface area (Å²) in [5, 5.41) is 8.48. The second-order valence-corrected chi connectivity index (χ2v) is 4.86. The lowest BCUT2D eigenvalue weighted by atomic mass is 10.1. The summed E-state index contributed by atoms with van der Waals surface area (Å²) < 4.78 is 1.08. The smallest absolute Gasteiger partial charge is 0.0927 e. The van der Waals surface area contributed by atoms with Crippen LogP contribution < -0.4 is 0 Å². The molecule has 0 aliphatic carbocycles. The standard InChI is InChI=1S/C15H11BrN2/c16-13-7-3-1-5-11(13)9-10-15-12-6-2-4-8-14(12)17-18-15/h1-10H,(H,17,18). The van der Waals surface area contributed by atoms with Crippen LogP contribution in [0, 0.1) is 0 Å². The molecule has 88 valence electrons. The Morgan fingerprint density at radius 3 is 2.61 bits per heavy atom. The Morgan fingerprint density at radius 1 is 0.944 bits per heavy atom. The molecular formula is C15H11BrN2. The minimum absolute atomic E-state index is 0.960. The van der Waals surface area contributed by atoms with E-state index in [9.17, 15) is 0 Å². The van der Waals surface area contributed by atoms with Gasteiger partial charge in [0.25, 0.3) is 0 Å². The molecule has 1 aromatic heterocycles. The van der Waals surface area contributed by atoms with Crippen molar-refractivity contribution in [2.24, 2.45) is 0 Å². The van der Waals surface area contributed by atoms with Gasteiger partial charge < -0.3 is 0 Å². The Kier molecular flexibility index (Phi) is 2.99. The Morgan fingerprint density at radius 2 is 1.72 bits per heavy atom. The van der Waals surface area contributed by atoms with Crippen molar-refractivity contribution < 1.29 is 0 Å². The number of benzene rings is 2. The van der Waals surface area contributed by atoms with Gasteiger partial charge in [0.1, 0.15) is 0 Å². The molecule has 0 spiro atoms. The molecule has 0 atom stereocenters. The maximum atomic E-state index is 4.31. The molecule has 0 aliphatic rings. The summed E-state index contributed by atoms with van der Waals surface area (Å²) in [6.45, 7) is 0. The topological polar surface area (TPSA) is 28.7 Å². The molecule has 0 amide bonds. The summed E-state index contributed by atoms with van der Waals surface area (Å²) in [5.41, 5.74) is 3.16. The van der Waals surface area contributed by atoms with Crippen LogP contribution in [0.15, 0.2) is 53.0 Å². The molecule has 3 aromatic rings. The molecule has 2 nitrogen and oxygen atoms in total. The van der Waals surface area contributed by atoms with Crippen LogP contribution in [0.2, 0.25) is 0 Å². The molecule has 1 heterocycles. The SMILES string of the molecule is Brc1ccccc1C=Cc1n[nH]c2ccccc12. The monoisotopic (exact) mass is 298 g/mol. The minimum atomic E-state index is 0.960. The first-order chi connectivity index (χ1) is 8.84. The van der Waals surface area contributed by atoms with E-state index in [-0.39, 0.29) is 0 Å². The highest BCUT2D eigenvalue weighted by atomic mass is 79.9. The van der Waals surface area contributed by atoms with E-state index in [1.54, 1.807) is 0 Å². The Labute approximate surface area is 113 Å². The number of rotatable bonds is 2. The molecule has 18 heavy (non-hydrogen) atoms. The van der Waals surface area contributed by atoms with E-state index in [0.717, 1.165) is 26.6 Å². The zero-order valence-corrected chi connectivity index (χ0v) is 11.2. The number of aromatic amines is 1. The van der Waals surface area contributed by atoms with Crippen molar-refractivity contribution in [1.29, 1.82) is 0 Å². The van der Waals surface area contributed by atoms with Gasteiger partial charge >= 0.3 is 0 Å². The molecule has 0 radical (unpaired) electrons. The first-order valence-corrected chi connectivity index (χ1v) is 6.49. The van der Waals surface area contributed by atoms with E-state index in [1.807, 2.05) is 42.5 Å². The molecule has 0 unspecified atom stereocenters. The number of halogens is 1. The van der Waals surface area contributed by atoms with E-state index in [1.165, 1.54) is 0 Å². The summed E-state index contributed by atoms with van der Waals surface area (Å²) in [4.78, 5) is 0. The van der Waals surface area contributed by atoms with E-state index in [0.29, 0.717) is 0 Å². The van der Waals surface area contributed by atoms with E-state index >= 15 is 0 Å². The lowest BCUT2D eigenvalue weighted by Gasteiger charge is -1.96. The summed E-state index contributed by atoms with van der Waals surface area (Å²) >= 11 is 3.53. The number of hydrogen-bond donors (Lipinski definition) is 1. The van der Waals surface area contributed by atoms with Crippen LogP contribution in [0.1, 0.15) is 11.3 Å². The largest absolute Gasteiger partial charge is 0.277 e. The van der Waals surface area contributed by atoms with Crippen LogP contribution in [0.4, 0.5) is 0 Å². The third-order valence-corrected chi connectivity index (χ3v) is 3.55. The van der Waals surface area contributed by atoms with Crippen molar-refractivity contribution in [1.82, 2.24) is 10.2 Å². The first-order valence-electron chi connectivity index (χ1n) is 5.70. The van der Waals surface area contributed by atoms with E-state index in [2.05, 4.69) is 44.3 Å². The van der Waals surface area contributed by atoms with Gasteiger partial charge in [0.05, 0.1) is 11.2 Å². The van der Waals surface area contributed by atoms with Gasteiger partial charge in [0.2, 0.25) is 0 Å². The zero-order chi connectivity index (χ0) is 12.4. The van der Waals surface area contributed by atoms with Crippen molar-refractivity contribution in [2.45, 2.75) is 0 Å². The number of aromatic nitrogens is 2. The Balaban J connectivity index is 2.00. The van der Waals surface area contributed by atoms with Crippen molar-refractivity contribution in [2.75, 3.05) is 0 Å². The number of H-pyrrole nitrogens is 1. The molecule has 2 aromatic carbocycles. The molecule has 0 bridgehead atoms. The average molecular weight is 299 g/mol. The van der Waals surface area contributed by atoms with Crippen LogP contribution in [-0.2, 0) is 0 Å². The highest BCUT2D eigenvalue weighted by Gasteiger charge is 2.01. The number of hydrogen-bond acceptors (Lipinski definition) is 1. The van der Waals surface area contributed by atoms with Gasteiger partial charge in [0.15, 0.2) is 0 Å². The number of para-hydroxylation sites is 1. The maximum Gasteiger partial charge on any atom is 0.0927 e. The molecular weight excluding hydrogens is 288 g/mol. The molecule has 0 saturated heterocycles. The second kappa shape index (κ2) is 4.78. The molecule has 1 N–H and O–H groups in total. The van der Waals surface area contributed by atoms with Crippen LogP contribution >= 0.6 is 15.9 Å². The van der Waals surface area contributed by atoms with Crippen molar-refractivity contribution in [3.63, 3.8) is 0 Å². The molecule has 0 fully saturated rings. The fourth-order valence-electron chi connectivity index (χ4n) is 1.89. The van der Waals surface area contributed by atoms with Gasteiger partial charge in [-0.25, -0.2) is 0 Å². The van der Waals surface area contributed by atoms with Crippen LogP contribution in [0.25, 0.3) is 23.1 Å². The van der Waals surface area contributed by atoms with Crippen molar-refractivity contribution in [3.8, 4) is 0 Å². The quantitative estimate of drug-likeness (QED) is 0.741. The van der Waals surface area contributed by atoms with Crippen molar-refractivity contribution >= 4 is 39.0 Å². The third-order valence-electron chi connectivity index (χ3n) is 2.83. The molecule has 0 saturated carbocycles. The normalized spacial score (nSPS) is 11.4. The Bertz CT molecular complexity index is 713. The van der Waals surface area contributed by atoms with Crippen LogP contribution in [-0.4, -0.2) is 10.2 Å². The van der Waals surface area contributed by atoms with Gasteiger partial charge in [-0.05, 0) is 23.8 Å².